The Kier molecular flexibility index (Phi) is 4.83. The Hall–Kier alpha value is -3.42. The molecule has 0 saturated carbocycles. The van der Waals surface area contributed by atoms with Gasteiger partial charge in [0.15, 0.2) is 5.82 Å². The van der Waals surface area contributed by atoms with Gasteiger partial charge in [0.05, 0.1) is 19.2 Å². The molecule has 3 rings (SSSR count). The lowest BCUT2D eigenvalue weighted by molar-refractivity contribution is 0.0601. The van der Waals surface area contributed by atoms with E-state index in [2.05, 4.69) is 14.8 Å². The van der Waals surface area contributed by atoms with Crippen molar-refractivity contribution in [3.8, 4) is 11.6 Å². The summed E-state index contributed by atoms with van der Waals surface area (Å²) in [4.78, 5) is 15.8. The van der Waals surface area contributed by atoms with Gasteiger partial charge < -0.3 is 15.2 Å². The topological polar surface area (TPSA) is 92.3 Å². The van der Waals surface area contributed by atoms with Crippen LogP contribution in [0.25, 0.3) is 0 Å². The van der Waals surface area contributed by atoms with Crippen LogP contribution in [0.3, 0.4) is 0 Å². The molecule has 0 aliphatic rings. The van der Waals surface area contributed by atoms with Crippen molar-refractivity contribution in [2.24, 2.45) is 0 Å². The van der Waals surface area contributed by atoms with Crippen molar-refractivity contribution >= 4 is 11.7 Å². The lowest BCUT2D eigenvalue weighted by Gasteiger charge is -2.12. The number of nitrogens with two attached hydrogens (primary N) is 1. The van der Waals surface area contributed by atoms with Crippen molar-refractivity contribution in [3.05, 3.63) is 65.4 Å². The minimum Gasteiger partial charge on any atom is -0.465 e. The highest BCUT2D eigenvalue weighted by Gasteiger charge is 2.16. The van der Waals surface area contributed by atoms with E-state index in [-0.39, 0.29) is 22.9 Å². The molecular formula is C18H17FN4O3. The van der Waals surface area contributed by atoms with Crippen LogP contribution in [0.5, 0.6) is 11.6 Å². The molecular weight excluding hydrogens is 339 g/mol. The number of carbonyl (C=O) groups excluding carboxylic acids is 1. The lowest BCUT2D eigenvalue weighted by atomic mass is 10.1. The van der Waals surface area contributed by atoms with E-state index < -0.39 is 11.8 Å². The minimum absolute atomic E-state index is 0.142. The van der Waals surface area contributed by atoms with Crippen LogP contribution in [0.2, 0.25) is 0 Å². The molecule has 2 N–H and O–H groups in total. The number of aryl methyl sites for hydroxylation is 1. The number of benzene rings is 1. The van der Waals surface area contributed by atoms with E-state index in [9.17, 15) is 9.18 Å². The second-order valence-corrected chi connectivity index (χ2v) is 5.63. The molecule has 3 aromatic rings. The first-order chi connectivity index (χ1) is 12.5. The summed E-state index contributed by atoms with van der Waals surface area (Å²) in [5.41, 5.74) is 7.49. The normalized spacial score (nSPS) is 10.6. The van der Waals surface area contributed by atoms with E-state index in [1.165, 1.54) is 25.4 Å². The molecule has 0 saturated heterocycles. The number of methoxy groups -OCH3 is 1. The number of carbonyl (C=O) groups is 1. The van der Waals surface area contributed by atoms with Gasteiger partial charge in [-0.3, -0.25) is 4.68 Å². The van der Waals surface area contributed by atoms with Gasteiger partial charge in [0.25, 0.3) is 5.88 Å². The standard InChI is InChI=1S/C18H17FN4O3/c1-11-6-15(20)13(18(24)25-2)8-16(11)26-17-14(19)7-12(9-21-17)10-23-5-3-4-22-23/h3-9H,10,20H2,1-2H3. The van der Waals surface area contributed by atoms with Crippen molar-refractivity contribution in [2.75, 3.05) is 12.8 Å². The number of anilines is 1. The highest BCUT2D eigenvalue weighted by atomic mass is 19.1. The third-order valence-electron chi connectivity index (χ3n) is 3.73. The van der Waals surface area contributed by atoms with Gasteiger partial charge in [-0.25, -0.2) is 14.2 Å². The molecule has 26 heavy (non-hydrogen) atoms. The molecule has 0 amide bonds. The van der Waals surface area contributed by atoms with E-state index >= 15 is 0 Å². The van der Waals surface area contributed by atoms with Gasteiger partial charge in [-0.15, -0.1) is 0 Å². The molecule has 0 aliphatic carbocycles. The zero-order valence-corrected chi connectivity index (χ0v) is 14.3. The Morgan fingerprint density at radius 3 is 2.81 bits per heavy atom. The fraction of sp³-hybridized carbons (Fsp3) is 0.167. The Morgan fingerprint density at radius 1 is 1.35 bits per heavy atom. The number of aromatic nitrogens is 3. The Balaban J connectivity index is 1.85. The quantitative estimate of drug-likeness (QED) is 0.558. The molecule has 0 spiro atoms. The number of hydrogen-bond donors (Lipinski definition) is 1. The molecule has 0 unspecified atom stereocenters. The Bertz CT molecular complexity index is 942. The van der Waals surface area contributed by atoms with Gasteiger partial charge in [0.1, 0.15) is 5.75 Å². The van der Waals surface area contributed by atoms with E-state index in [4.69, 9.17) is 10.5 Å². The van der Waals surface area contributed by atoms with Crippen LogP contribution >= 0.6 is 0 Å². The second-order valence-electron chi connectivity index (χ2n) is 5.63. The average molecular weight is 356 g/mol. The monoisotopic (exact) mass is 356 g/mol. The molecule has 0 fully saturated rings. The van der Waals surface area contributed by atoms with Crippen molar-refractivity contribution in [1.29, 1.82) is 0 Å². The van der Waals surface area contributed by atoms with Crippen LogP contribution in [-0.2, 0) is 11.3 Å². The molecule has 2 heterocycles. The first kappa shape index (κ1) is 17.4. The highest BCUT2D eigenvalue weighted by molar-refractivity contribution is 5.95. The predicted molar refractivity (Wildman–Crippen MR) is 92.5 cm³/mol. The summed E-state index contributed by atoms with van der Waals surface area (Å²) < 4.78 is 26.3. The number of nitrogen functional groups attached to an aromatic ring is 1. The average Bonchev–Trinajstić information content (AvgIpc) is 3.11. The van der Waals surface area contributed by atoms with Gasteiger partial charge in [0, 0.05) is 24.3 Å². The molecule has 7 nitrogen and oxygen atoms in total. The third kappa shape index (κ3) is 3.64. The number of rotatable bonds is 5. The smallest absolute Gasteiger partial charge is 0.340 e. The lowest BCUT2D eigenvalue weighted by Crippen LogP contribution is -2.07. The van der Waals surface area contributed by atoms with Crippen molar-refractivity contribution in [3.63, 3.8) is 0 Å². The van der Waals surface area contributed by atoms with Crippen LogP contribution < -0.4 is 10.5 Å². The summed E-state index contributed by atoms with van der Waals surface area (Å²) in [6.07, 6.45) is 4.92. The molecule has 134 valence electrons. The van der Waals surface area contributed by atoms with E-state index in [0.29, 0.717) is 17.7 Å². The predicted octanol–water partition coefficient (Wildman–Crippen LogP) is 2.94. The van der Waals surface area contributed by atoms with Crippen molar-refractivity contribution < 1.29 is 18.7 Å². The number of halogens is 1. The van der Waals surface area contributed by atoms with Crippen LogP contribution in [-0.4, -0.2) is 27.8 Å². The Morgan fingerprint density at radius 2 is 2.15 bits per heavy atom. The molecule has 0 atom stereocenters. The fourth-order valence-corrected chi connectivity index (χ4v) is 2.42. The fourth-order valence-electron chi connectivity index (χ4n) is 2.42. The van der Waals surface area contributed by atoms with Gasteiger partial charge in [-0.2, -0.15) is 5.10 Å². The summed E-state index contributed by atoms with van der Waals surface area (Å²) in [7, 11) is 1.25. The van der Waals surface area contributed by atoms with Crippen LogP contribution in [0, 0.1) is 12.7 Å². The summed E-state index contributed by atoms with van der Waals surface area (Å²) in [5, 5.41) is 4.07. The maximum absolute atomic E-state index is 14.4. The maximum Gasteiger partial charge on any atom is 0.340 e. The highest BCUT2D eigenvalue weighted by Crippen LogP contribution is 2.30. The molecule has 8 heteroatoms. The Labute approximate surface area is 149 Å². The number of nitrogens with zero attached hydrogens (tertiary/aromatic N) is 3. The summed E-state index contributed by atoms with van der Waals surface area (Å²) >= 11 is 0. The second kappa shape index (κ2) is 7.22. The van der Waals surface area contributed by atoms with Crippen LogP contribution in [0.1, 0.15) is 21.5 Å². The number of esters is 1. The molecule has 0 bridgehead atoms. The van der Waals surface area contributed by atoms with Crippen molar-refractivity contribution in [2.45, 2.75) is 13.5 Å². The molecule has 0 radical (unpaired) electrons. The molecule has 0 aliphatic heterocycles. The zero-order valence-electron chi connectivity index (χ0n) is 14.3. The molecule has 1 aromatic carbocycles. The number of hydrogen-bond acceptors (Lipinski definition) is 6. The first-order valence-corrected chi connectivity index (χ1v) is 7.76. The van der Waals surface area contributed by atoms with E-state index in [0.717, 1.165) is 0 Å². The van der Waals surface area contributed by atoms with Gasteiger partial charge in [-0.05, 0) is 42.3 Å². The third-order valence-corrected chi connectivity index (χ3v) is 3.73. The largest absolute Gasteiger partial charge is 0.465 e. The van der Waals surface area contributed by atoms with E-state index in [1.54, 1.807) is 36.1 Å². The first-order valence-electron chi connectivity index (χ1n) is 7.76. The van der Waals surface area contributed by atoms with Gasteiger partial charge >= 0.3 is 5.97 Å². The van der Waals surface area contributed by atoms with Gasteiger partial charge in [-0.1, -0.05) is 0 Å². The SMILES string of the molecule is COC(=O)c1cc(Oc2ncc(Cn3cccn3)cc2F)c(C)cc1N. The van der Waals surface area contributed by atoms with E-state index in [1.807, 2.05) is 0 Å². The number of ether oxygens (including phenoxy) is 2. The van der Waals surface area contributed by atoms with Gasteiger partial charge in [0.2, 0.25) is 0 Å². The van der Waals surface area contributed by atoms with Crippen LogP contribution in [0.4, 0.5) is 10.1 Å². The summed E-state index contributed by atoms with van der Waals surface area (Å²) in [6, 6.07) is 6.09. The summed E-state index contributed by atoms with van der Waals surface area (Å²) in [5.74, 6) is -1.15. The summed E-state index contributed by atoms with van der Waals surface area (Å²) in [6.45, 7) is 2.13. The van der Waals surface area contributed by atoms with Crippen molar-refractivity contribution in [1.82, 2.24) is 14.8 Å². The van der Waals surface area contributed by atoms with Crippen LogP contribution in [0.15, 0.2) is 42.9 Å². The maximum atomic E-state index is 14.4. The minimum atomic E-state index is -0.620. The number of pyridine rings is 1. The zero-order chi connectivity index (χ0) is 18.7. The molecule has 2 aromatic heterocycles.